The molecule has 1 amide bonds. The van der Waals surface area contributed by atoms with Crippen LogP contribution in [0.15, 0.2) is 77.4 Å². The van der Waals surface area contributed by atoms with E-state index in [0.717, 1.165) is 37.6 Å². The van der Waals surface area contributed by atoms with Crippen molar-refractivity contribution < 1.29 is 13.6 Å². The maximum absolute atomic E-state index is 13.2. The Kier molecular flexibility index (Phi) is 5.91. The number of hydrogen-bond acceptors (Lipinski definition) is 4. The number of benzene rings is 2. The minimum absolute atomic E-state index is 0.0342. The molecule has 2 heterocycles. The third-order valence-corrected chi connectivity index (χ3v) is 5.31. The summed E-state index contributed by atoms with van der Waals surface area (Å²) in [6.45, 7) is 3.77. The van der Waals surface area contributed by atoms with E-state index in [-0.39, 0.29) is 17.8 Å². The Hall–Kier alpha value is -3.12. The van der Waals surface area contributed by atoms with E-state index in [1.54, 1.807) is 18.4 Å². The van der Waals surface area contributed by atoms with Gasteiger partial charge in [0, 0.05) is 44.0 Å². The number of halogens is 1. The van der Waals surface area contributed by atoms with Crippen molar-refractivity contribution in [2.75, 3.05) is 37.6 Å². The molecule has 0 radical (unpaired) electrons. The number of amides is 1. The molecule has 0 unspecified atom stereocenters. The van der Waals surface area contributed by atoms with Crippen molar-refractivity contribution in [2.24, 2.45) is 0 Å². The van der Waals surface area contributed by atoms with Gasteiger partial charge in [-0.2, -0.15) is 0 Å². The quantitative estimate of drug-likeness (QED) is 0.694. The fourth-order valence-corrected chi connectivity index (χ4v) is 3.72. The molecule has 2 aromatic carbocycles. The lowest BCUT2D eigenvalue weighted by atomic mass is 10.1. The van der Waals surface area contributed by atoms with E-state index in [2.05, 4.69) is 15.1 Å². The van der Waals surface area contributed by atoms with Crippen LogP contribution in [0.4, 0.5) is 10.1 Å². The molecule has 150 valence electrons. The molecule has 1 atom stereocenters. The molecule has 6 heteroatoms. The lowest BCUT2D eigenvalue weighted by Gasteiger charge is -2.39. The number of carbonyl (C=O) groups is 1. The van der Waals surface area contributed by atoms with E-state index in [4.69, 9.17) is 4.42 Å². The van der Waals surface area contributed by atoms with E-state index in [9.17, 15) is 9.18 Å². The maximum Gasteiger partial charge on any atom is 0.251 e. The third kappa shape index (κ3) is 4.66. The van der Waals surface area contributed by atoms with Crippen LogP contribution in [0, 0.1) is 5.82 Å². The lowest BCUT2D eigenvalue weighted by molar-refractivity contribution is 0.0923. The molecule has 1 aliphatic rings. The predicted molar refractivity (Wildman–Crippen MR) is 110 cm³/mol. The average molecular weight is 393 g/mol. The summed E-state index contributed by atoms with van der Waals surface area (Å²) in [5.74, 6) is 0.528. The van der Waals surface area contributed by atoms with Crippen molar-refractivity contribution in [1.29, 1.82) is 0 Å². The highest BCUT2D eigenvalue weighted by Gasteiger charge is 2.27. The van der Waals surface area contributed by atoms with Crippen LogP contribution in [0.5, 0.6) is 0 Å². The van der Waals surface area contributed by atoms with Crippen LogP contribution in [0.2, 0.25) is 0 Å². The van der Waals surface area contributed by atoms with Gasteiger partial charge in [-0.1, -0.05) is 18.2 Å². The van der Waals surface area contributed by atoms with E-state index in [1.165, 1.54) is 12.1 Å². The van der Waals surface area contributed by atoms with Crippen molar-refractivity contribution >= 4 is 11.6 Å². The molecule has 0 spiro atoms. The fourth-order valence-electron chi connectivity index (χ4n) is 3.72. The summed E-state index contributed by atoms with van der Waals surface area (Å²) >= 11 is 0. The van der Waals surface area contributed by atoms with E-state index in [1.807, 2.05) is 42.5 Å². The van der Waals surface area contributed by atoms with Gasteiger partial charge in [-0.15, -0.1) is 0 Å². The number of nitrogens with one attached hydrogen (secondary N) is 1. The predicted octanol–water partition coefficient (Wildman–Crippen LogP) is 3.71. The number of nitrogens with zero attached hydrogens (tertiary/aromatic N) is 2. The van der Waals surface area contributed by atoms with Gasteiger partial charge in [0.15, 0.2) is 0 Å². The number of piperazine rings is 1. The highest BCUT2D eigenvalue weighted by Crippen LogP contribution is 2.24. The van der Waals surface area contributed by atoms with Gasteiger partial charge in [-0.25, -0.2) is 4.39 Å². The molecular formula is C23H24FN3O2. The molecule has 0 bridgehead atoms. The number of rotatable bonds is 6. The normalized spacial score (nSPS) is 15.8. The van der Waals surface area contributed by atoms with Gasteiger partial charge < -0.3 is 14.6 Å². The van der Waals surface area contributed by atoms with Crippen molar-refractivity contribution in [3.8, 4) is 0 Å². The topological polar surface area (TPSA) is 48.7 Å². The van der Waals surface area contributed by atoms with Crippen molar-refractivity contribution in [1.82, 2.24) is 10.2 Å². The number of hydrogen-bond donors (Lipinski definition) is 1. The van der Waals surface area contributed by atoms with Crippen molar-refractivity contribution in [3.63, 3.8) is 0 Å². The van der Waals surface area contributed by atoms with Gasteiger partial charge in [0.2, 0.25) is 0 Å². The lowest BCUT2D eigenvalue weighted by Crippen LogP contribution is -2.49. The Balaban J connectivity index is 1.40. The first-order valence-corrected chi connectivity index (χ1v) is 9.82. The van der Waals surface area contributed by atoms with E-state index >= 15 is 0 Å². The second kappa shape index (κ2) is 8.92. The van der Waals surface area contributed by atoms with Gasteiger partial charge in [-0.3, -0.25) is 9.69 Å². The zero-order valence-electron chi connectivity index (χ0n) is 16.1. The fraction of sp³-hybridized carbons (Fsp3) is 0.261. The molecule has 4 rings (SSSR count). The summed E-state index contributed by atoms with van der Waals surface area (Å²) in [6.07, 6.45) is 1.66. The summed E-state index contributed by atoms with van der Waals surface area (Å²) in [6, 6.07) is 19.6. The molecule has 1 aliphatic heterocycles. The highest BCUT2D eigenvalue weighted by molar-refractivity contribution is 5.94. The number of carbonyl (C=O) groups excluding carboxylic acids is 1. The average Bonchev–Trinajstić information content (AvgIpc) is 3.30. The first kappa shape index (κ1) is 19.2. The first-order valence-electron chi connectivity index (χ1n) is 9.82. The SMILES string of the molecule is O=C(NC[C@H](c1ccco1)N1CCN(c2ccc(F)cc2)CC1)c1ccccc1. The van der Waals surface area contributed by atoms with Crippen LogP contribution in [0.3, 0.4) is 0 Å². The molecule has 1 N–H and O–H groups in total. The zero-order valence-corrected chi connectivity index (χ0v) is 16.1. The summed E-state index contributed by atoms with van der Waals surface area (Å²) in [5, 5.41) is 3.04. The molecule has 1 aromatic heterocycles. The molecular weight excluding hydrogens is 369 g/mol. The van der Waals surface area contributed by atoms with Gasteiger partial charge in [0.25, 0.3) is 5.91 Å². The van der Waals surface area contributed by atoms with Gasteiger partial charge in [-0.05, 0) is 48.5 Å². The molecule has 5 nitrogen and oxygen atoms in total. The summed E-state index contributed by atoms with van der Waals surface area (Å²) < 4.78 is 18.8. The summed E-state index contributed by atoms with van der Waals surface area (Å²) in [5.41, 5.74) is 1.67. The first-order chi connectivity index (χ1) is 14.2. The number of furan rings is 1. The van der Waals surface area contributed by atoms with Crippen LogP contribution in [0.1, 0.15) is 22.2 Å². The Morgan fingerprint density at radius 1 is 0.966 bits per heavy atom. The zero-order chi connectivity index (χ0) is 20.1. The molecule has 1 fully saturated rings. The van der Waals surface area contributed by atoms with Gasteiger partial charge in [0.05, 0.1) is 12.3 Å². The second-order valence-electron chi connectivity index (χ2n) is 7.11. The molecule has 1 saturated heterocycles. The van der Waals surface area contributed by atoms with Crippen molar-refractivity contribution in [2.45, 2.75) is 6.04 Å². The number of anilines is 1. The second-order valence-corrected chi connectivity index (χ2v) is 7.11. The van der Waals surface area contributed by atoms with Crippen LogP contribution in [-0.4, -0.2) is 43.5 Å². The van der Waals surface area contributed by atoms with Crippen LogP contribution >= 0.6 is 0 Å². The smallest absolute Gasteiger partial charge is 0.251 e. The largest absolute Gasteiger partial charge is 0.468 e. The van der Waals surface area contributed by atoms with Crippen LogP contribution in [-0.2, 0) is 0 Å². The van der Waals surface area contributed by atoms with Gasteiger partial charge in [0.1, 0.15) is 11.6 Å². The third-order valence-electron chi connectivity index (χ3n) is 5.31. The van der Waals surface area contributed by atoms with E-state index in [0.29, 0.717) is 12.1 Å². The van der Waals surface area contributed by atoms with Crippen LogP contribution in [0.25, 0.3) is 0 Å². The van der Waals surface area contributed by atoms with Crippen LogP contribution < -0.4 is 10.2 Å². The Morgan fingerprint density at radius 2 is 1.69 bits per heavy atom. The van der Waals surface area contributed by atoms with E-state index < -0.39 is 0 Å². The minimum Gasteiger partial charge on any atom is -0.468 e. The molecule has 29 heavy (non-hydrogen) atoms. The maximum atomic E-state index is 13.2. The summed E-state index contributed by atoms with van der Waals surface area (Å²) in [4.78, 5) is 17.0. The van der Waals surface area contributed by atoms with Crippen molar-refractivity contribution in [3.05, 3.63) is 90.1 Å². The molecule has 3 aromatic rings. The monoisotopic (exact) mass is 393 g/mol. The Morgan fingerprint density at radius 3 is 2.34 bits per heavy atom. The molecule has 0 saturated carbocycles. The standard InChI is InChI=1S/C23H24FN3O2/c24-19-8-10-20(11-9-19)26-12-14-27(15-13-26)21(22-7-4-16-29-22)17-25-23(28)18-5-2-1-3-6-18/h1-11,16,21H,12-15,17H2,(H,25,28)/t21-/m1/s1. The Bertz CT molecular complexity index is 905. The Labute approximate surface area is 169 Å². The highest BCUT2D eigenvalue weighted by atomic mass is 19.1. The minimum atomic E-state index is -0.223. The summed E-state index contributed by atoms with van der Waals surface area (Å²) in [7, 11) is 0. The van der Waals surface area contributed by atoms with Gasteiger partial charge >= 0.3 is 0 Å². The molecule has 0 aliphatic carbocycles.